The second kappa shape index (κ2) is 17.8. The molecule has 0 aromatic carbocycles. The first-order valence-electron chi connectivity index (χ1n) is 9.62. The van der Waals surface area contributed by atoms with Crippen molar-refractivity contribution >= 4 is 23.9 Å². The third-order valence-corrected chi connectivity index (χ3v) is 3.84. The van der Waals surface area contributed by atoms with Gasteiger partial charge in [-0.2, -0.15) is 0 Å². The van der Waals surface area contributed by atoms with Gasteiger partial charge in [0.05, 0.1) is 0 Å². The molecular formula is C28H32Sn. The molecule has 4 radical (unpaired) electrons. The Balaban J connectivity index is 0.000000356. The van der Waals surface area contributed by atoms with Crippen molar-refractivity contribution < 1.29 is 0 Å². The minimum Gasteiger partial charge on any atom is -0.0955 e. The molecule has 0 nitrogen and oxygen atoms in total. The Morgan fingerprint density at radius 2 is 0.586 bits per heavy atom. The van der Waals surface area contributed by atoms with E-state index in [1.165, 1.54) is 22.3 Å². The molecular weight excluding hydrogens is 455 g/mol. The van der Waals surface area contributed by atoms with Crippen LogP contribution >= 0.6 is 0 Å². The van der Waals surface area contributed by atoms with Crippen LogP contribution in [0, 0.1) is 0 Å². The number of hydrogen-bond acceptors (Lipinski definition) is 0. The molecule has 0 aromatic heterocycles. The molecule has 0 atom stereocenters. The molecule has 0 N–H and O–H groups in total. The van der Waals surface area contributed by atoms with Crippen LogP contribution in [0.15, 0.2) is 146 Å². The monoisotopic (exact) mass is 488 g/mol. The van der Waals surface area contributed by atoms with E-state index < -0.39 is 0 Å². The zero-order valence-electron chi connectivity index (χ0n) is 17.4. The first kappa shape index (κ1) is 26.7. The normalized spacial score (nSPS) is 17.4. The Bertz CT molecular complexity index is 650. The molecule has 0 fully saturated rings. The summed E-state index contributed by atoms with van der Waals surface area (Å²) in [5, 5.41) is 0. The predicted octanol–water partition coefficient (Wildman–Crippen LogP) is 7.85. The van der Waals surface area contributed by atoms with E-state index in [-0.39, 0.29) is 23.9 Å². The molecule has 148 valence electrons. The van der Waals surface area contributed by atoms with Gasteiger partial charge in [0.25, 0.3) is 0 Å². The number of rotatable bonds is 0. The van der Waals surface area contributed by atoms with Crippen molar-refractivity contribution in [2.75, 3.05) is 0 Å². The molecule has 0 aliphatic heterocycles. The zero-order valence-corrected chi connectivity index (χ0v) is 20.2. The third kappa shape index (κ3) is 16.3. The third-order valence-electron chi connectivity index (χ3n) is 3.84. The van der Waals surface area contributed by atoms with Gasteiger partial charge in [-0.3, -0.25) is 0 Å². The summed E-state index contributed by atoms with van der Waals surface area (Å²) in [6, 6.07) is 0. The summed E-state index contributed by atoms with van der Waals surface area (Å²) < 4.78 is 0. The maximum atomic E-state index is 3.78. The minimum atomic E-state index is 0. The number of allylic oxidation sites excluding steroid dienone is 20. The second-order valence-corrected chi connectivity index (χ2v) is 6.60. The van der Waals surface area contributed by atoms with Crippen LogP contribution in [0.4, 0.5) is 0 Å². The van der Waals surface area contributed by atoms with Crippen molar-refractivity contribution in [2.45, 2.75) is 25.7 Å². The molecule has 0 saturated heterocycles. The Labute approximate surface area is 194 Å². The molecule has 0 aromatic rings. The standard InChI is InChI=1S/4C7H8.Sn/c4*1-7-5-3-2-4-6-7;/h4*2-5H,1,6H2;. The van der Waals surface area contributed by atoms with Gasteiger partial charge in [-0.05, 0) is 25.7 Å². The molecule has 29 heavy (non-hydrogen) atoms. The molecule has 4 aliphatic carbocycles. The van der Waals surface area contributed by atoms with Crippen LogP contribution in [-0.4, -0.2) is 23.9 Å². The Hall–Kier alpha value is -2.32. The number of hydrogen-bond donors (Lipinski definition) is 0. The van der Waals surface area contributed by atoms with Gasteiger partial charge in [0.1, 0.15) is 0 Å². The fraction of sp³-hybridized carbons (Fsp3) is 0.143. The van der Waals surface area contributed by atoms with Crippen molar-refractivity contribution in [3.8, 4) is 0 Å². The van der Waals surface area contributed by atoms with Crippen molar-refractivity contribution in [2.24, 2.45) is 0 Å². The molecule has 0 saturated carbocycles. The molecule has 0 amide bonds. The summed E-state index contributed by atoms with van der Waals surface area (Å²) in [5.74, 6) is 0. The summed E-state index contributed by atoms with van der Waals surface area (Å²) in [7, 11) is 0. The summed E-state index contributed by atoms with van der Waals surface area (Å²) >= 11 is 0. The van der Waals surface area contributed by atoms with E-state index in [1.807, 2.05) is 72.9 Å². The average molecular weight is 487 g/mol. The zero-order chi connectivity index (χ0) is 20.5. The first-order chi connectivity index (χ1) is 13.6. The van der Waals surface area contributed by atoms with Gasteiger partial charge in [0, 0.05) is 23.9 Å². The summed E-state index contributed by atoms with van der Waals surface area (Å²) in [5.41, 5.74) is 4.79. The molecule has 0 unspecified atom stereocenters. The molecule has 0 heterocycles. The van der Waals surface area contributed by atoms with Crippen molar-refractivity contribution in [1.29, 1.82) is 0 Å². The SMILES string of the molecule is C=C1C=CC=CC1.C=C1C=CC=CC1.C=C1C=CC=CC1.C=C1C=CC=CC1.[Sn]. The van der Waals surface area contributed by atoms with E-state index in [2.05, 4.69) is 50.6 Å². The summed E-state index contributed by atoms with van der Waals surface area (Å²) in [6.45, 7) is 15.1. The smallest absolute Gasteiger partial charge is 0 e. The van der Waals surface area contributed by atoms with Gasteiger partial charge in [-0.25, -0.2) is 0 Å². The van der Waals surface area contributed by atoms with E-state index in [1.54, 1.807) is 0 Å². The van der Waals surface area contributed by atoms with Gasteiger partial charge >= 0.3 is 0 Å². The molecule has 4 aliphatic rings. The molecule has 4 rings (SSSR count). The van der Waals surface area contributed by atoms with Crippen molar-refractivity contribution in [3.63, 3.8) is 0 Å². The van der Waals surface area contributed by atoms with Crippen LogP contribution in [0.5, 0.6) is 0 Å². The fourth-order valence-electron chi connectivity index (χ4n) is 2.23. The van der Waals surface area contributed by atoms with Crippen LogP contribution < -0.4 is 0 Å². The van der Waals surface area contributed by atoms with E-state index >= 15 is 0 Å². The van der Waals surface area contributed by atoms with Crippen LogP contribution in [-0.2, 0) is 0 Å². The largest absolute Gasteiger partial charge is 0.0955 e. The minimum absolute atomic E-state index is 0. The molecule has 0 spiro atoms. The molecule has 1 heteroatoms. The Morgan fingerprint density at radius 1 is 0.379 bits per heavy atom. The predicted molar refractivity (Wildman–Crippen MR) is 134 cm³/mol. The summed E-state index contributed by atoms with van der Waals surface area (Å²) in [6.07, 6.45) is 36.8. The van der Waals surface area contributed by atoms with E-state index in [0.29, 0.717) is 0 Å². The van der Waals surface area contributed by atoms with Crippen LogP contribution in [0.1, 0.15) is 25.7 Å². The topological polar surface area (TPSA) is 0 Å². The van der Waals surface area contributed by atoms with E-state index in [0.717, 1.165) is 25.7 Å². The van der Waals surface area contributed by atoms with Gasteiger partial charge in [0.2, 0.25) is 0 Å². The Kier molecular flexibility index (Phi) is 16.3. The van der Waals surface area contributed by atoms with Crippen molar-refractivity contribution in [1.82, 2.24) is 0 Å². The molecule has 0 bridgehead atoms. The van der Waals surface area contributed by atoms with Crippen LogP contribution in [0.3, 0.4) is 0 Å². The van der Waals surface area contributed by atoms with E-state index in [9.17, 15) is 0 Å². The van der Waals surface area contributed by atoms with Gasteiger partial charge in [-0.1, -0.05) is 146 Å². The second-order valence-electron chi connectivity index (χ2n) is 6.60. The quantitative estimate of drug-likeness (QED) is 0.305. The van der Waals surface area contributed by atoms with Gasteiger partial charge in [0.15, 0.2) is 0 Å². The van der Waals surface area contributed by atoms with Crippen molar-refractivity contribution in [3.05, 3.63) is 146 Å². The Morgan fingerprint density at radius 3 is 0.655 bits per heavy atom. The van der Waals surface area contributed by atoms with Gasteiger partial charge in [-0.15, -0.1) is 0 Å². The first-order valence-corrected chi connectivity index (χ1v) is 9.62. The fourth-order valence-corrected chi connectivity index (χ4v) is 2.23. The maximum Gasteiger partial charge on any atom is 0 e. The van der Waals surface area contributed by atoms with Gasteiger partial charge < -0.3 is 0 Å². The maximum absolute atomic E-state index is 3.78. The van der Waals surface area contributed by atoms with Crippen LogP contribution in [0.25, 0.3) is 0 Å². The average Bonchev–Trinajstić information content (AvgIpc) is 2.72. The summed E-state index contributed by atoms with van der Waals surface area (Å²) in [4.78, 5) is 0. The van der Waals surface area contributed by atoms with E-state index in [4.69, 9.17) is 0 Å². The van der Waals surface area contributed by atoms with Crippen LogP contribution in [0.2, 0.25) is 0 Å².